The van der Waals surface area contributed by atoms with E-state index in [1.54, 1.807) is 17.4 Å². The van der Waals surface area contributed by atoms with Gasteiger partial charge in [0.2, 0.25) is 0 Å². The van der Waals surface area contributed by atoms with Crippen LogP contribution in [0.2, 0.25) is 0 Å². The molecule has 2 aromatic rings. The van der Waals surface area contributed by atoms with Gasteiger partial charge in [0, 0.05) is 44.6 Å². The van der Waals surface area contributed by atoms with Crippen molar-refractivity contribution < 1.29 is 9.53 Å². The van der Waals surface area contributed by atoms with Crippen LogP contribution in [0.3, 0.4) is 0 Å². The summed E-state index contributed by atoms with van der Waals surface area (Å²) in [5.41, 5.74) is 1.50. The van der Waals surface area contributed by atoms with E-state index in [1.165, 1.54) is 0 Å². The monoisotopic (exact) mass is 343 g/mol. The van der Waals surface area contributed by atoms with Crippen molar-refractivity contribution in [3.8, 4) is 11.4 Å². The number of hydrogen-bond acceptors (Lipinski definition) is 5. The third kappa shape index (κ3) is 3.97. The summed E-state index contributed by atoms with van der Waals surface area (Å²) in [4.78, 5) is 27.1. The Balaban J connectivity index is 1.72. The summed E-state index contributed by atoms with van der Waals surface area (Å²) < 4.78 is 7.43. The first-order chi connectivity index (χ1) is 11.8. The molecular weight excluding hydrogens is 318 g/mol. The number of hydrogen-bond donors (Lipinski definition) is 0. The number of ether oxygens (including phenoxy) is 1. The lowest BCUT2D eigenvalue weighted by atomic mass is 9.91. The number of likely N-dealkylation sites (tertiary alicyclic amines) is 1. The third-order valence-electron chi connectivity index (χ3n) is 4.34. The van der Waals surface area contributed by atoms with Gasteiger partial charge in [-0.1, -0.05) is 0 Å². The lowest BCUT2D eigenvalue weighted by Gasteiger charge is -2.33. The second kappa shape index (κ2) is 6.82. The van der Waals surface area contributed by atoms with Gasteiger partial charge in [0.1, 0.15) is 17.8 Å². The Bertz CT molecular complexity index is 742. The molecule has 1 amide bonds. The lowest BCUT2D eigenvalue weighted by molar-refractivity contribution is 0.0204. The van der Waals surface area contributed by atoms with Crippen LogP contribution in [0.1, 0.15) is 45.2 Å². The predicted molar refractivity (Wildman–Crippen MR) is 94.0 cm³/mol. The molecule has 1 aliphatic rings. The van der Waals surface area contributed by atoms with Gasteiger partial charge in [-0.3, -0.25) is 0 Å². The summed E-state index contributed by atoms with van der Waals surface area (Å²) in [7, 11) is 1.96. The van der Waals surface area contributed by atoms with Crippen molar-refractivity contribution in [2.75, 3.05) is 13.1 Å². The van der Waals surface area contributed by atoms with Crippen LogP contribution in [0, 0.1) is 0 Å². The first kappa shape index (κ1) is 17.4. The third-order valence-corrected chi connectivity index (χ3v) is 4.34. The highest BCUT2D eigenvalue weighted by molar-refractivity contribution is 5.68. The van der Waals surface area contributed by atoms with Crippen LogP contribution in [0.5, 0.6) is 0 Å². The number of imidazole rings is 1. The van der Waals surface area contributed by atoms with E-state index < -0.39 is 5.60 Å². The van der Waals surface area contributed by atoms with Crippen LogP contribution in [0.25, 0.3) is 11.4 Å². The van der Waals surface area contributed by atoms with Crippen LogP contribution in [0.4, 0.5) is 4.79 Å². The Morgan fingerprint density at radius 1 is 1.24 bits per heavy atom. The second-order valence-corrected chi connectivity index (χ2v) is 7.43. The Morgan fingerprint density at radius 3 is 2.56 bits per heavy atom. The molecule has 0 bridgehead atoms. The van der Waals surface area contributed by atoms with Gasteiger partial charge in [-0.25, -0.2) is 19.7 Å². The fraction of sp³-hybridized carbons (Fsp3) is 0.556. The van der Waals surface area contributed by atoms with Crippen molar-refractivity contribution in [3.63, 3.8) is 0 Å². The molecule has 0 radical (unpaired) electrons. The van der Waals surface area contributed by atoms with Gasteiger partial charge < -0.3 is 14.2 Å². The maximum atomic E-state index is 12.2. The molecule has 0 aliphatic carbocycles. The molecule has 0 N–H and O–H groups in total. The fourth-order valence-corrected chi connectivity index (χ4v) is 3.12. The van der Waals surface area contributed by atoms with Crippen molar-refractivity contribution in [1.29, 1.82) is 0 Å². The van der Waals surface area contributed by atoms with Crippen LogP contribution < -0.4 is 0 Å². The molecule has 0 aromatic carbocycles. The number of aryl methyl sites for hydroxylation is 1. The van der Waals surface area contributed by atoms with Crippen LogP contribution in [-0.2, 0) is 11.8 Å². The molecule has 0 spiro atoms. The topological polar surface area (TPSA) is 73.1 Å². The summed E-state index contributed by atoms with van der Waals surface area (Å²) in [5.74, 6) is 1.15. The van der Waals surface area contributed by atoms with E-state index >= 15 is 0 Å². The molecule has 1 saturated heterocycles. The number of amides is 1. The second-order valence-electron chi connectivity index (χ2n) is 7.43. The Labute approximate surface area is 148 Å². The molecule has 0 saturated carbocycles. The molecule has 2 aromatic heterocycles. The molecule has 25 heavy (non-hydrogen) atoms. The number of nitrogens with zero attached hydrogens (tertiary/aromatic N) is 5. The van der Waals surface area contributed by atoms with Gasteiger partial charge in [-0.15, -0.1) is 0 Å². The zero-order chi connectivity index (χ0) is 18.0. The van der Waals surface area contributed by atoms with Gasteiger partial charge in [-0.05, 0) is 33.6 Å². The van der Waals surface area contributed by atoms with Crippen LogP contribution in [-0.4, -0.2) is 49.2 Å². The molecule has 7 heteroatoms. The lowest BCUT2D eigenvalue weighted by Crippen LogP contribution is -2.41. The SMILES string of the molecule is Cn1ccnc1-c1cncnc1C1CCN(C(=O)OC(C)(C)C)CC1. The molecule has 1 aliphatic heterocycles. The highest BCUT2D eigenvalue weighted by Gasteiger charge is 2.29. The number of carbonyl (C=O) groups is 1. The summed E-state index contributed by atoms with van der Waals surface area (Å²) in [5, 5.41) is 0. The van der Waals surface area contributed by atoms with E-state index in [9.17, 15) is 4.79 Å². The van der Waals surface area contributed by atoms with Gasteiger partial charge in [0.15, 0.2) is 0 Å². The smallest absolute Gasteiger partial charge is 0.410 e. The Hall–Kier alpha value is -2.44. The molecule has 7 nitrogen and oxygen atoms in total. The molecular formula is C18H25N5O2. The van der Waals surface area contributed by atoms with Gasteiger partial charge in [-0.2, -0.15) is 0 Å². The van der Waals surface area contributed by atoms with Crippen molar-refractivity contribution in [2.45, 2.75) is 45.1 Å². The Morgan fingerprint density at radius 2 is 1.96 bits per heavy atom. The highest BCUT2D eigenvalue weighted by atomic mass is 16.6. The van der Waals surface area contributed by atoms with E-state index in [4.69, 9.17) is 4.74 Å². The standard InChI is InChI=1S/C18H25N5O2/c1-18(2,3)25-17(24)23-8-5-13(6-9-23)15-14(11-19-12-21-15)16-20-7-10-22(16)4/h7,10-13H,5-6,8-9H2,1-4H3. The average Bonchev–Trinajstić information content (AvgIpc) is 2.99. The average molecular weight is 343 g/mol. The van der Waals surface area contributed by atoms with Crippen molar-refractivity contribution in [3.05, 3.63) is 30.6 Å². The first-order valence-electron chi connectivity index (χ1n) is 8.60. The first-order valence-corrected chi connectivity index (χ1v) is 8.60. The van der Waals surface area contributed by atoms with Crippen LogP contribution in [0.15, 0.2) is 24.9 Å². The zero-order valence-electron chi connectivity index (χ0n) is 15.3. The van der Waals surface area contributed by atoms with Gasteiger partial charge >= 0.3 is 6.09 Å². The quantitative estimate of drug-likeness (QED) is 0.838. The maximum Gasteiger partial charge on any atom is 0.410 e. The van der Waals surface area contributed by atoms with E-state index in [-0.39, 0.29) is 12.0 Å². The van der Waals surface area contributed by atoms with E-state index in [1.807, 2.05) is 44.8 Å². The molecule has 3 heterocycles. The predicted octanol–water partition coefficient (Wildman–Crippen LogP) is 2.99. The molecule has 3 rings (SSSR count). The normalized spacial score (nSPS) is 16.1. The van der Waals surface area contributed by atoms with Gasteiger partial charge in [0.05, 0.1) is 11.3 Å². The number of carbonyl (C=O) groups excluding carboxylic acids is 1. The van der Waals surface area contributed by atoms with Gasteiger partial charge in [0.25, 0.3) is 0 Å². The molecule has 0 atom stereocenters. The fourth-order valence-electron chi connectivity index (χ4n) is 3.12. The number of aromatic nitrogens is 4. The molecule has 0 unspecified atom stereocenters. The highest BCUT2D eigenvalue weighted by Crippen LogP contribution is 2.33. The maximum absolute atomic E-state index is 12.2. The van der Waals surface area contributed by atoms with E-state index in [0.717, 1.165) is 29.9 Å². The molecule has 1 fully saturated rings. The Kier molecular flexibility index (Phi) is 4.74. The minimum absolute atomic E-state index is 0.238. The molecule has 134 valence electrons. The number of rotatable bonds is 2. The summed E-state index contributed by atoms with van der Waals surface area (Å²) in [6.45, 7) is 7.00. The zero-order valence-corrected chi connectivity index (χ0v) is 15.3. The summed E-state index contributed by atoms with van der Waals surface area (Å²) in [6.07, 6.45) is 8.57. The van der Waals surface area contributed by atoms with Crippen molar-refractivity contribution in [2.24, 2.45) is 7.05 Å². The summed E-state index contributed by atoms with van der Waals surface area (Å²) >= 11 is 0. The van der Waals surface area contributed by atoms with Crippen LogP contribution >= 0.6 is 0 Å². The van der Waals surface area contributed by atoms with E-state index in [2.05, 4.69) is 15.0 Å². The largest absolute Gasteiger partial charge is 0.444 e. The minimum atomic E-state index is -0.466. The van der Waals surface area contributed by atoms with E-state index in [0.29, 0.717) is 13.1 Å². The summed E-state index contributed by atoms with van der Waals surface area (Å²) in [6, 6.07) is 0. The minimum Gasteiger partial charge on any atom is -0.444 e. The van der Waals surface area contributed by atoms with Crippen molar-refractivity contribution >= 4 is 6.09 Å². The van der Waals surface area contributed by atoms with Crippen molar-refractivity contribution in [1.82, 2.24) is 24.4 Å². The number of piperidine rings is 1.